The smallest absolute Gasteiger partial charge is 0.212 e. The molecule has 0 amide bonds. The van der Waals surface area contributed by atoms with Gasteiger partial charge in [0, 0.05) is 17.0 Å². The van der Waals surface area contributed by atoms with Crippen molar-refractivity contribution in [1.29, 1.82) is 0 Å². The van der Waals surface area contributed by atoms with E-state index in [0.717, 1.165) is 32.3 Å². The average Bonchev–Trinajstić information content (AvgIpc) is 3.00. The summed E-state index contributed by atoms with van der Waals surface area (Å²) in [6, 6.07) is 17.7. The SMILES string of the molecule is Cc1ccccc1-c1nc(C)c(CNS(=O)(=O)CCc2ccccc2)s1. The van der Waals surface area contributed by atoms with Gasteiger partial charge in [0.25, 0.3) is 0 Å². The summed E-state index contributed by atoms with van der Waals surface area (Å²) >= 11 is 1.54. The Labute approximate surface area is 159 Å². The van der Waals surface area contributed by atoms with Crippen molar-refractivity contribution in [2.45, 2.75) is 26.8 Å². The van der Waals surface area contributed by atoms with E-state index >= 15 is 0 Å². The van der Waals surface area contributed by atoms with Gasteiger partial charge in [-0.15, -0.1) is 11.3 Å². The van der Waals surface area contributed by atoms with Crippen LogP contribution in [0, 0.1) is 13.8 Å². The van der Waals surface area contributed by atoms with Gasteiger partial charge in [0.2, 0.25) is 10.0 Å². The van der Waals surface area contributed by atoms with Crippen molar-refractivity contribution < 1.29 is 8.42 Å². The maximum absolute atomic E-state index is 12.3. The van der Waals surface area contributed by atoms with E-state index in [9.17, 15) is 8.42 Å². The Hall–Kier alpha value is -2.02. The molecule has 0 fully saturated rings. The average molecular weight is 387 g/mol. The Morgan fingerprint density at radius 1 is 1.00 bits per heavy atom. The van der Waals surface area contributed by atoms with Gasteiger partial charge < -0.3 is 0 Å². The van der Waals surface area contributed by atoms with Gasteiger partial charge in [-0.1, -0.05) is 54.6 Å². The summed E-state index contributed by atoms with van der Waals surface area (Å²) in [4.78, 5) is 5.57. The van der Waals surface area contributed by atoms with E-state index in [1.54, 1.807) is 11.3 Å². The number of nitrogens with one attached hydrogen (secondary N) is 1. The Morgan fingerprint density at radius 2 is 1.69 bits per heavy atom. The van der Waals surface area contributed by atoms with E-state index in [0.29, 0.717) is 6.42 Å². The molecule has 1 aromatic heterocycles. The lowest BCUT2D eigenvalue weighted by Crippen LogP contribution is -2.26. The van der Waals surface area contributed by atoms with Crippen molar-refractivity contribution in [1.82, 2.24) is 9.71 Å². The van der Waals surface area contributed by atoms with Crippen molar-refractivity contribution in [2.24, 2.45) is 0 Å². The normalized spacial score (nSPS) is 11.6. The second-order valence-electron chi connectivity index (χ2n) is 6.22. The van der Waals surface area contributed by atoms with Crippen LogP contribution >= 0.6 is 11.3 Å². The number of nitrogens with zero attached hydrogens (tertiary/aromatic N) is 1. The van der Waals surface area contributed by atoms with Crippen LogP contribution in [0.5, 0.6) is 0 Å². The molecule has 3 aromatic rings. The lowest BCUT2D eigenvalue weighted by atomic mass is 10.1. The summed E-state index contributed by atoms with van der Waals surface area (Å²) in [6.45, 7) is 4.26. The van der Waals surface area contributed by atoms with Gasteiger partial charge in [-0.2, -0.15) is 0 Å². The van der Waals surface area contributed by atoms with Crippen LogP contribution in [0.25, 0.3) is 10.6 Å². The van der Waals surface area contributed by atoms with Gasteiger partial charge >= 0.3 is 0 Å². The Bertz CT molecular complexity index is 980. The Kier molecular flexibility index (Phi) is 5.86. The number of thiazole rings is 1. The third-order valence-electron chi connectivity index (χ3n) is 4.22. The maximum atomic E-state index is 12.3. The summed E-state index contributed by atoms with van der Waals surface area (Å²) in [7, 11) is -3.33. The maximum Gasteiger partial charge on any atom is 0.212 e. The zero-order valence-corrected chi connectivity index (χ0v) is 16.5. The number of rotatable bonds is 7. The molecule has 6 heteroatoms. The van der Waals surface area contributed by atoms with Gasteiger partial charge in [-0.25, -0.2) is 18.1 Å². The highest BCUT2D eigenvalue weighted by Gasteiger charge is 2.15. The highest BCUT2D eigenvalue weighted by Crippen LogP contribution is 2.30. The monoisotopic (exact) mass is 386 g/mol. The van der Waals surface area contributed by atoms with Crippen molar-refractivity contribution in [3.63, 3.8) is 0 Å². The molecule has 0 bridgehead atoms. The fourth-order valence-electron chi connectivity index (χ4n) is 2.66. The molecular weight excluding hydrogens is 364 g/mol. The molecular formula is C20H22N2O2S2. The lowest BCUT2D eigenvalue weighted by molar-refractivity contribution is 0.581. The van der Waals surface area contributed by atoms with Crippen LogP contribution in [0.3, 0.4) is 0 Å². The fourth-order valence-corrected chi connectivity index (χ4v) is 4.86. The van der Waals surface area contributed by atoms with E-state index in [-0.39, 0.29) is 12.3 Å². The minimum absolute atomic E-state index is 0.0829. The fraction of sp³-hybridized carbons (Fsp3) is 0.250. The van der Waals surface area contributed by atoms with E-state index in [1.807, 2.05) is 55.5 Å². The van der Waals surface area contributed by atoms with Crippen LogP contribution in [0.2, 0.25) is 0 Å². The molecule has 1 heterocycles. The summed E-state index contributed by atoms with van der Waals surface area (Å²) in [5.74, 6) is 0.0829. The van der Waals surface area contributed by atoms with Gasteiger partial charge in [-0.05, 0) is 31.4 Å². The van der Waals surface area contributed by atoms with Crippen molar-refractivity contribution in [2.75, 3.05) is 5.75 Å². The molecule has 0 radical (unpaired) electrons. The predicted octanol–water partition coefficient (Wildman–Crippen LogP) is 4.09. The number of hydrogen-bond donors (Lipinski definition) is 1. The molecule has 0 atom stereocenters. The molecule has 26 heavy (non-hydrogen) atoms. The zero-order chi connectivity index (χ0) is 18.6. The minimum atomic E-state index is -3.33. The van der Waals surface area contributed by atoms with Crippen LogP contribution in [-0.2, 0) is 23.0 Å². The van der Waals surface area contributed by atoms with Gasteiger partial charge in [-0.3, -0.25) is 0 Å². The first kappa shape index (κ1) is 18.8. The van der Waals surface area contributed by atoms with Crippen LogP contribution < -0.4 is 4.72 Å². The summed E-state index contributed by atoms with van der Waals surface area (Å²) < 4.78 is 27.3. The van der Waals surface area contributed by atoms with Crippen molar-refractivity contribution in [3.05, 3.63) is 76.3 Å². The van der Waals surface area contributed by atoms with Crippen LogP contribution in [0.15, 0.2) is 54.6 Å². The third-order valence-corrected chi connectivity index (χ3v) is 6.74. The molecule has 3 rings (SSSR count). The molecule has 0 aliphatic rings. The minimum Gasteiger partial charge on any atom is -0.241 e. The molecule has 0 spiro atoms. The molecule has 0 saturated carbocycles. The lowest BCUT2D eigenvalue weighted by Gasteiger charge is -2.06. The van der Waals surface area contributed by atoms with E-state index in [4.69, 9.17) is 0 Å². The first-order chi connectivity index (χ1) is 12.4. The second-order valence-corrected chi connectivity index (χ2v) is 9.23. The molecule has 1 N–H and O–H groups in total. The molecule has 0 unspecified atom stereocenters. The summed E-state index contributed by atoms with van der Waals surface area (Å²) in [5, 5.41) is 0.930. The second kappa shape index (κ2) is 8.12. The summed E-state index contributed by atoms with van der Waals surface area (Å²) in [5.41, 5.74) is 4.16. The molecule has 0 aliphatic heterocycles. The number of aryl methyl sites for hydroxylation is 3. The van der Waals surface area contributed by atoms with Gasteiger partial charge in [0.1, 0.15) is 5.01 Å². The van der Waals surface area contributed by atoms with Crippen LogP contribution in [-0.4, -0.2) is 19.2 Å². The molecule has 0 saturated heterocycles. The molecule has 0 aliphatic carbocycles. The molecule has 2 aromatic carbocycles. The highest BCUT2D eigenvalue weighted by molar-refractivity contribution is 7.89. The predicted molar refractivity (Wildman–Crippen MR) is 108 cm³/mol. The van der Waals surface area contributed by atoms with Crippen molar-refractivity contribution >= 4 is 21.4 Å². The first-order valence-corrected chi connectivity index (χ1v) is 10.9. The topological polar surface area (TPSA) is 59.1 Å². The van der Waals surface area contributed by atoms with Crippen LogP contribution in [0.1, 0.15) is 21.7 Å². The zero-order valence-electron chi connectivity index (χ0n) is 14.9. The highest BCUT2D eigenvalue weighted by atomic mass is 32.2. The standard InChI is InChI=1S/C20H22N2O2S2/c1-15-8-6-7-11-18(15)20-22-16(2)19(25-20)14-21-26(23,24)13-12-17-9-4-3-5-10-17/h3-11,21H,12-14H2,1-2H3. The summed E-state index contributed by atoms with van der Waals surface area (Å²) in [6.07, 6.45) is 0.506. The first-order valence-electron chi connectivity index (χ1n) is 8.48. The van der Waals surface area contributed by atoms with Crippen molar-refractivity contribution in [3.8, 4) is 10.6 Å². The number of sulfonamides is 1. The van der Waals surface area contributed by atoms with E-state index in [1.165, 1.54) is 0 Å². The largest absolute Gasteiger partial charge is 0.241 e. The Morgan fingerprint density at radius 3 is 2.42 bits per heavy atom. The molecule has 136 valence electrons. The van der Waals surface area contributed by atoms with Gasteiger partial charge in [0.15, 0.2) is 0 Å². The number of hydrogen-bond acceptors (Lipinski definition) is 4. The molecule has 4 nitrogen and oxygen atoms in total. The van der Waals surface area contributed by atoms with E-state index < -0.39 is 10.0 Å². The number of aromatic nitrogens is 1. The quantitative estimate of drug-likeness (QED) is 0.665. The third kappa shape index (κ3) is 4.78. The van der Waals surface area contributed by atoms with Crippen LogP contribution in [0.4, 0.5) is 0 Å². The Balaban J connectivity index is 1.65. The van der Waals surface area contributed by atoms with Gasteiger partial charge in [0.05, 0.1) is 11.4 Å². The number of benzene rings is 2. The van der Waals surface area contributed by atoms with E-state index in [2.05, 4.69) is 22.7 Å².